The second-order valence-electron chi connectivity index (χ2n) is 4.36. The van der Waals surface area contributed by atoms with E-state index in [1.54, 1.807) is 18.2 Å². The van der Waals surface area contributed by atoms with Gasteiger partial charge < -0.3 is 9.90 Å². The normalized spacial score (nSPS) is 16.8. The number of benzene rings is 1. The first kappa shape index (κ1) is 16.0. The number of carbonyl (C=O) groups excluding carboxylic acids is 2. The summed E-state index contributed by atoms with van der Waals surface area (Å²) in [5.74, 6) is -1.32. The maximum absolute atomic E-state index is 12.2. The van der Waals surface area contributed by atoms with E-state index in [9.17, 15) is 14.7 Å². The molecule has 1 fully saturated rings. The third-order valence-corrected chi connectivity index (χ3v) is 4.43. The van der Waals surface area contributed by atoms with Gasteiger partial charge in [-0.3, -0.25) is 9.69 Å². The zero-order valence-corrected chi connectivity index (χ0v) is 13.3. The highest BCUT2D eigenvalue weighted by Gasteiger charge is 2.31. The Labute approximate surface area is 136 Å². The molecule has 1 aliphatic heterocycles. The molecule has 0 spiro atoms. The van der Waals surface area contributed by atoms with Gasteiger partial charge in [0, 0.05) is 17.5 Å². The van der Waals surface area contributed by atoms with Crippen molar-refractivity contribution in [1.29, 1.82) is 0 Å². The van der Waals surface area contributed by atoms with E-state index < -0.39 is 5.97 Å². The molecule has 2 rings (SSSR count). The maximum Gasteiger partial charge on any atom is 0.266 e. The number of rotatable bonds is 5. The van der Waals surface area contributed by atoms with Crippen molar-refractivity contribution in [3.05, 3.63) is 39.8 Å². The van der Waals surface area contributed by atoms with E-state index in [2.05, 4.69) is 0 Å². The van der Waals surface area contributed by atoms with Crippen molar-refractivity contribution in [3.63, 3.8) is 0 Å². The summed E-state index contributed by atoms with van der Waals surface area (Å²) in [6.45, 7) is 0.288. The largest absolute Gasteiger partial charge is 0.550 e. The quantitative estimate of drug-likeness (QED) is 0.606. The number of hydrogen-bond donors (Lipinski definition) is 0. The van der Waals surface area contributed by atoms with Crippen LogP contribution in [0.4, 0.5) is 0 Å². The van der Waals surface area contributed by atoms with Crippen LogP contribution in [0.2, 0.25) is 5.02 Å². The third kappa shape index (κ3) is 4.30. The van der Waals surface area contributed by atoms with Crippen molar-refractivity contribution in [1.82, 2.24) is 4.90 Å². The Kier molecular flexibility index (Phi) is 5.39. The van der Waals surface area contributed by atoms with Crippen molar-refractivity contribution >= 4 is 57.9 Å². The number of carbonyl (C=O) groups is 2. The maximum atomic E-state index is 12.2. The molecule has 0 atom stereocenters. The van der Waals surface area contributed by atoms with Gasteiger partial charge in [-0.2, -0.15) is 0 Å². The molecule has 0 N–H and O–H groups in total. The number of thiocarbonyl (C=S) groups is 1. The van der Waals surface area contributed by atoms with Crippen molar-refractivity contribution in [2.24, 2.45) is 0 Å². The topological polar surface area (TPSA) is 60.4 Å². The molecule has 110 valence electrons. The predicted molar refractivity (Wildman–Crippen MR) is 85.6 cm³/mol. The average Bonchev–Trinajstić information content (AvgIpc) is 2.68. The number of carboxylic acids is 1. The lowest BCUT2D eigenvalue weighted by atomic mass is 10.2. The molecule has 0 saturated carbocycles. The van der Waals surface area contributed by atoms with Crippen LogP contribution in [0, 0.1) is 0 Å². The molecule has 0 unspecified atom stereocenters. The van der Waals surface area contributed by atoms with Gasteiger partial charge >= 0.3 is 0 Å². The van der Waals surface area contributed by atoms with Gasteiger partial charge in [0.25, 0.3) is 5.91 Å². The summed E-state index contributed by atoms with van der Waals surface area (Å²) in [4.78, 5) is 24.6. The standard InChI is InChI=1S/C14H12ClNO3S2/c15-10-5-3-9(4-6-10)8-11-13(19)16(14(20)21-11)7-1-2-12(17)18/h3-6,8H,1-2,7H2,(H,17,18)/p-1/b11-8+. The second kappa shape index (κ2) is 7.06. The van der Waals surface area contributed by atoms with Crippen LogP contribution in [-0.4, -0.2) is 27.6 Å². The summed E-state index contributed by atoms with van der Waals surface area (Å²) in [5, 5.41) is 11.0. The minimum atomic E-state index is -1.13. The van der Waals surface area contributed by atoms with E-state index in [0.29, 0.717) is 20.7 Å². The van der Waals surface area contributed by atoms with Gasteiger partial charge in [-0.1, -0.05) is 47.7 Å². The van der Waals surface area contributed by atoms with Crippen LogP contribution < -0.4 is 5.11 Å². The first-order chi connectivity index (χ1) is 9.97. The van der Waals surface area contributed by atoms with Crippen LogP contribution in [0.5, 0.6) is 0 Å². The highest BCUT2D eigenvalue weighted by atomic mass is 35.5. The molecule has 0 bridgehead atoms. The smallest absolute Gasteiger partial charge is 0.266 e. The fraction of sp³-hybridized carbons (Fsp3) is 0.214. The number of carboxylic acid groups (broad SMARTS) is 1. The monoisotopic (exact) mass is 340 g/mol. The molecule has 1 aromatic carbocycles. The van der Waals surface area contributed by atoms with E-state index in [1.807, 2.05) is 12.1 Å². The van der Waals surface area contributed by atoms with E-state index in [4.69, 9.17) is 23.8 Å². The van der Waals surface area contributed by atoms with Crippen molar-refractivity contribution < 1.29 is 14.7 Å². The number of halogens is 1. The molecule has 0 aromatic heterocycles. The Bertz CT molecular complexity index is 613. The average molecular weight is 341 g/mol. The lowest BCUT2D eigenvalue weighted by Crippen LogP contribution is -2.30. The minimum absolute atomic E-state index is 0.0900. The van der Waals surface area contributed by atoms with Gasteiger partial charge in [0.05, 0.1) is 4.91 Å². The lowest BCUT2D eigenvalue weighted by Gasteiger charge is -2.14. The van der Waals surface area contributed by atoms with Gasteiger partial charge in [-0.25, -0.2) is 0 Å². The van der Waals surface area contributed by atoms with Crippen molar-refractivity contribution in [2.75, 3.05) is 6.54 Å². The molecule has 21 heavy (non-hydrogen) atoms. The van der Waals surface area contributed by atoms with Gasteiger partial charge in [0.2, 0.25) is 0 Å². The Morgan fingerprint density at radius 1 is 1.38 bits per heavy atom. The van der Waals surface area contributed by atoms with Crippen LogP contribution in [0.3, 0.4) is 0 Å². The molecule has 1 heterocycles. The Morgan fingerprint density at radius 3 is 2.67 bits per heavy atom. The molecule has 1 aliphatic rings. The number of nitrogens with zero attached hydrogens (tertiary/aromatic N) is 1. The fourth-order valence-electron chi connectivity index (χ4n) is 1.78. The van der Waals surface area contributed by atoms with Crippen LogP contribution in [0.1, 0.15) is 18.4 Å². The highest BCUT2D eigenvalue weighted by molar-refractivity contribution is 8.26. The van der Waals surface area contributed by atoms with Gasteiger partial charge in [0.1, 0.15) is 4.32 Å². The summed E-state index contributed by atoms with van der Waals surface area (Å²) in [6.07, 6.45) is 1.98. The molecule has 1 amide bonds. The molecule has 0 aliphatic carbocycles. The zero-order chi connectivity index (χ0) is 15.4. The van der Waals surface area contributed by atoms with Crippen LogP contribution >= 0.6 is 35.6 Å². The number of thioether (sulfide) groups is 1. The summed E-state index contributed by atoms with van der Waals surface area (Å²) in [6, 6.07) is 7.11. The van der Waals surface area contributed by atoms with Crippen molar-refractivity contribution in [3.8, 4) is 0 Å². The first-order valence-corrected chi connectivity index (χ1v) is 7.78. The van der Waals surface area contributed by atoms with Gasteiger partial charge in [-0.05, 0) is 36.6 Å². The zero-order valence-electron chi connectivity index (χ0n) is 10.9. The summed E-state index contributed by atoms with van der Waals surface area (Å²) in [7, 11) is 0. The third-order valence-electron chi connectivity index (χ3n) is 2.80. The van der Waals surface area contributed by atoms with Gasteiger partial charge in [-0.15, -0.1) is 0 Å². The molecule has 0 radical (unpaired) electrons. The van der Waals surface area contributed by atoms with Crippen LogP contribution in [0.25, 0.3) is 6.08 Å². The first-order valence-electron chi connectivity index (χ1n) is 6.18. The molecular weight excluding hydrogens is 330 g/mol. The number of amides is 1. The van der Waals surface area contributed by atoms with E-state index in [0.717, 1.165) is 5.56 Å². The Balaban J connectivity index is 2.06. The summed E-state index contributed by atoms with van der Waals surface area (Å²) >= 11 is 12.2. The van der Waals surface area contributed by atoms with E-state index >= 15 is 0 Å². The van der Waals surface area contributed by atoms with Crippen LogP contribution in [0.15, 0.2) is 29.2 Å². The number of hydrogen-bond acceptors (Lipinski definition) is 5. The highest BCUT2D eigenvalue weighted by Crippen LogP contribution is 2.32. The lowest BCUT2D eigenvalue weighted by molar-refractivity contribution is -0.305. The number of aliphatic carboxylic acids is 1. The minimum Gasteiger partial charge on any atom is -0.550 e. The molecule has 1 saturated heterocycles. The van der Waals surface area contributed by atoms with E-state index in [1.165, 1.54) is 16.7 Å². The predicted octanol–water partition coefficient (Wildman–Crippen LogP) is 2.07. The molecule has 1 aromatic rings. The SMILES string of the molecule is O=C([O-])CCCN1C(=O)/C(=C\c2ccc(Cl)cc2)SC1=S. The molecule has 4 nitrogen and oxygen atoms in total. The molecule has 7 heteroatoms. The Hall–Kier alpha value is -1.37. The van der Waals surface area contributed by atoms with E-state index in [-0.39, 0.29) is 18.9 Å². The van der Waals surface area contributed by atoms with Crippen LogP contribution in [-0.2, 0) is 9.59 Å². The Morgan fingerprint density at radius 2 is 2.05 bits per heavy atom. The summed E-state index contributed by atoms with van der Waals surface area (Å²) < 4.78 is 0.443. The van der Waals surface area contributed by atoms with Gasteiger partial charge in [0.15, 0.2) is 0 Å². The summed E-state index contributed by atoms with van der Waals surface area (Å²) in [5.41, 5.74) is 0.856. The van der Waals surface area contributed by atoms with Crippen molar-refractivity contribution in [2.45, 2.75) is 12.8 Å². The fourth-order valence-corrected chi connectivity index (χ4v) is 3.22. The molecular formula is C14H11ClNO3S2-. The second-order valence-corrected chi connectivity index (χ2v) is 6.47.